The third-order valence-electron chi connectivity index (χ3n) is 2.11. The molecule has 6 heteroatoms. The number of nitrogens with zero attached hydrogens (tertiary/aromatic N) is 1. The molecule has 1 rings (SSSR count). The minimum Gasteiger partial charge on any atom is -0.444 e. The fourth-order valence-electron chi connectivity index (χ4n) is 1.41. The Labute approximate surface area is 91.3 Å². The van der Waals surface area contributed by atoms with Gasteiger partial charge in [0.2, 0.25) is 0 Å². The largest absolute Gasteiger partial charge is 0.444 e. The Morgan fingerprint density at radius 2 is 2.00 bits per heavy atom. The lowest BCUT2D eigenvalue weighted by atomic mass is 10.2. The van der Waals surface area contributed by atoms with E-state index < -0.39 is 27.6 Å². The second-order valence-electron chi connectivity index (χ2n) is 4.65. The lowest BCUT2D eigenvalue weighted by molar-refractivity contribution is 0.0295. The maximum Gasteiger partial charge on any atom is 0.410 e. The van der Waals surface area contributed by atoms with E-state index in [4.69, 9.17) is 4.74 Å². The second-order valence-corrected chi connectivity index (χ2v) is 5.96. The summed E-state index contributed by atoms with van der Waals surface area (Å²) in [5.41, 5.74) is -0.533. The van der Waals surface area contributed by atoms with Gasteiger partial charge in [-0.1, -0.05) is 0 Å². The highest BCUT2D eigenvalue weighted by Crippen LogP contribution is 2.16. The van der Waals surface area contributed by atoms with Crippen LogP contribution in [0.1, 0.15) is 27.2 Å². The number of hydrogen-bond donors (Lipinski definition) is 1. The number of amides is 1. The predicted octanol–water partition coefficient (Wildman–Crippen LogP) is 0.607. The first-order valence-electron chi connectivity index (χ1n) is 4.91. The fourth-order valence-corrected chi connectivity index (χ4v) is 2.06. The molecule has 1 fully saturated rings. The molecular formula is C9H17NO4S. The molecule has 1 aliphatic heterocycles. The maximum absolute atomic E-state index is 11.5. The van der Waals surface area contributed by atoms with Crippen LogP contribution in [0.15, 0.2) is 0 Å². The summed E-state index contributed by atoms with van der Waals surface area (Å²) in [6.45, 7) is 6.07. The highest BCUT2D eigenvalue weighted by Gasteiger charge is 2.30. The zero-order valence-electron chi connectivity index (χ0n) is 9.23. The fraction of sp³-hybridized carbons (Fsp3) is 0.889. The summed E-state index contributed by atoms with van der Waals surface area (Å²) in [7, 11) is -2.44. The summed E-state index contributed by atoms with van der Waals surface area (Å²) in [5, 5.41) is -0.410. The smallest absolute Gasteiger partial charge is 0.410 e. The van der Waals surface area contributed by atoms with Crippen LogP contribution >= 0.6 is 0 Å². The summed E-state index contributed by atoms with van der Waals surface area (Å²) in [4.78, 5) is 13.0. The Balaban J connectivity index is 2.51. The van der Waals surface area contributed by atoms with Crippen molar-refractivity contribution < 1.29 is 17.9 Å². The standard InChI is InChI=1S/C9H17NO4S/c1-9(2,3)14-8(11)10-5-4-7(6-10)15(12)13/h7,15H,4-6H2,1-3H3/t7-/m0/s1. The van der Waals surface area contributed by atoms with E-state index in [1.807, 2.05) is 0 Å². The zero-order valence-corrected chi connectivity index (χ0v) is 10.1. The van der Waals surface area contributed by atoms with Gasteiger partial charge in [-0.05, 0) is 27.2 Å². The highest BCUT2D eigenvalue weighted by atomic mass is 32.2. The number of rotatable bonds is 1. The topological polar surface area (TPSA) is 63.7 Å². The average Bonchev–Trinajstić information content (AvgIpc) is 2.47. The van der Waals surface area contributed by atoms with E-state index in [0.717, 1.165) is 0 Å². The molecule has 0 spiro atoms. The Morgan fingerprint density at radius 1 is 1.40 bits per heavy atom. The quantitative estimate of drug-likeness (QED) is 0.676. The molecule has 1 heterocycles. The molecule has 1 atom stereocenters. The zero-order chi connectivity index (χ0) is 11.6. The van der Waals surface area contributed by atoms with Gasteiger partial charge >= 0.3 is 6.09 Å². The van der Waals surface area contributed by atoms with Crippen LogP contribution in [-0.2, 0) is 15.4 Å². The minimum absolute atomic E-state index is 0.258. The van der Waals surface area contributed by atoms with Gasteiger partial charge in [-0.2, -0.15) is 0 Å². The molecule has 1 amide bonds. The van der Waals surface area contributed by atoms with Crippen LogP contribution in [0, 0.1) is 0 Å². The molecule has 1 aliphatic rings. The van der Waals surface area contributed by atoms with Crippen LogP contribution in [-0.4, -0.2) is 43.4 Å². The first-order valence-corrected chi connectivity index (χ1v) is 6.15. The van der Waals surface area contributed by atoms with E-state index in [2.05, 4.69) is 0 Å². The first kappa shape index (κ1) is 12.3. The van der Waals surface area contributed by atoms with Crippen molar-refractivity contribution in [1.82, 2.24) is 4.90 Å². The van der Waals surface area contributed by atoms with Crippen molar-refractivity contribution in [1.29, 1.82) is 0 Å². The van der Waals surface area contributed by atoms with Crippen molar-refractivity contribution in [3.8, 4) is 0 Å². The van der Waals surface area contributed by atoms with Gasteiger partial charge in [-0.25, -0.2) is 13.2 Å². The maximum atomic E-state index is 11.5. The third kappa shape index (κ3) is 3.70. The van der Waals surface area contributed by atoms with Gasteiger partial charge in [-0.3, -0.25) is 0 Å². The van der Waals surface area contributed by atoms with Crippen molar-refractivity contribution in [2.24, 2.45) is 0 Å². The number of carbonyl (C=O) groups excluding carboxylic acids is 1. The molecule has 0 aliphatic carbocycles. The average molecular weight is 235 g/mol. The van der Waals surface area contributed by atoms with E-state index in [9.17, 15) is 13.2 Å². The van der Waals surface area contributed by atoms with Crippen LogP contribution in [0.5, 0.6) is 0 Å². The molecule has 0 aromatic heterocycles. The van der Waals surface area contributed by atoms with Crippen LogP contribution in [0.3, 0.4) is 0 Å². The van der Waals surface area contributed by atoms with Gasteiger partial charge in [0, 0.05) is 13.1 Å². The monoisotopic (exact) mass is 235 g/mol. The van der Waals surface area contributed by atoms with Crippen LogP contribution in [0.2, 0.25) is 0 Å². The Hall–Kier alpha value is -0.780. The molecule has 0 saturated carbocycles. The van der Waals surface area contributed by atoms with Gasteiger partial charge < -0.3 is 9.64 Å². The van der Waals surface area contributed by atoms with Crippen molar-refractivity contribution in [3.63, 3.8) is 0 Å². The van der Waals surface area contributed by atoms with Crippen molar-refractivity contribution in [2.75, 3.05) is 13.1 Å². The molecule has 0 bridgehead atoms. The van der Waals surface area contributed by atoms with Gasteiger partial charge in [0.1, 0.15) is 16.3 Å². The molecular weight excluding hydrogens is 218 g/mol. The van der Waals surface area contributed by atoms with E-state index >= 15 is 0 Å². The normalized spacial score (nSPS) is 22.1. The SMILES string of the molecule is CC(C)(C)OC(=O)N1CC[C@H]([SH](=O)=O)C1. The molecule has 5 nitrogen and oxygen atoms in total. The summed E-state index contributed by atoms with van der Waals surface area (Å²) in [5.74, 6) is 0. The Bertz CT molecular complexity index is 311. The molecule has 88 valence electrons. The van der Waals surface area contributed by atoms with Crippen LogP contribution in [0.25, 0.3) is 0 Å². The molecule has 0 aromatic rings. The van der Waals surface area contributed by atoms with E-state index in [0.29, 0.717) is 13.0 Å². The van der Waals surface area contributed by atoms with Gasteiger partial charge in [-0.15, -0.1) is 0 Å². The van der Waals surface area contributed by atoms with Crippen LogP contribution < -0.4 is 0 Å². The van der Waals surface area contributed by atoms with Gasteiger partial charge in [0.25, 0.3) is 0 Å². The van der Waals surface area contributed by atoms with Gasteiger partial charge in [0.05, 0.1) is 5.25 Å². The lowest BCUT2D eigenvalue weighted by Crippen LogP contribution is -2.35. The predicted molar refractivity (Wildman–Crippen MR) is 56.5 cm³/mol. The highest BCUT2D eigenvalue weighted by molar-refractivity contribution is 7.73. The number of hydrogen-bond acceptors (Lipinski definition) is 4. The molecule has 0 N–H and O–H groups in total. The lowest BCUT2D eigenvalue weighted by Gasteiger charge is -2.24. The van der Waals surface area contributed by atoms with Crippen LogP contribution in [0.4, 0.5) is 4.79 Å². The minimum atomic E-state index is -2.44. The molecule has 0 aromatic carbocycles. The summed E-state index contributed by atoms with van der Waals surface area (Å²) in [6, 6.07) is 0. The van der Waals surface area contributed by atoms with Gasteiger partial charge in [0.15, 0.2) is 0 Å². The van der Waals surface area contributed by atoms with E-state index in [1.54, 1.807) is 20.8 Å². The molecule has 1 saturated heterocycles. The molecule has 15 heavy (non-hydrogen) atoms. The number of thiol groups is 1. The second kappa shape index (κ2) is 4.38. The molecule has 0 unspecified atom stereocenters. The summed E-state index contributed by atoms with van der Waals surface area (Å²) < 4.78 is 26.6. The number of carbonyl (C=O) groups is 1. The van der Waals surface area contributed by atoms with Crippen molar-refractivity contribution >= 4 is 16.8 Å². The number of ether oxygens (including phenoxy) is 1. The van der Waals surface area contributed by atoms with E-state index in [1.165, 1.54) is 4.90 Å². The van der Waals surface area contributed by atoms with Crippen molar-refractivity contribution in [2.45, 2.75) is 38.0 Å². The molecule has 0 radical (unpaired) electrons. The summed E-state index contributed by atoms with van der Waals surface area (Å²) in [6.07, 6.45) is 0.0830. The van der Waals surface area contributed by atoms with Crippen molar-refractivity contribution in [3.05, 3.63) is 0 Å². The third-order valence-corrected chi connectivity index (χ3v) is 3.13. The first-order chi connectivity index (χ1) is 6.79. The van der Waals surface area contributed by atoms with E-state index in [-0.39, 0.29) is 6.54 Å². The number of likely N-dealkylation sites (tertiary alicyclic amines) is 1. The Kier molecular flexibility index (Phi) is 3.59. The Morgan fingerprint density at radius 3 is 2.40 bits per heavy atom. The summed E-state index contributed by atoms with van der Waals surface area (Å²) >= 11 is 0.